The van der Waals surface area contributed by atoms with Crippen LogP contribution >= 0.6 is 0 Å². The van der Waals surface area contributed by atoms with Crippen molar-refractivity contribution in [1.29, 1.82) is 0 Å². The summed E-state index contributed by atoms with van der Waals surface area (Å²) in [5.41, 5.74) is 9.65. The molecule has 0 saturated heterocycles. The van der Waals surface area contributed by atoms with Gasteiger partial charge < -0.3 is 4.42 Å². The maximum Gasteiger partial charge on any atom is 0.227 e. The third-order valence-corrected chi connectivity index (χ3v) is 7.56. The van der Waals surface area contributed by atoms with Crippen molar-refractivity contribution in [3.05, 3.63) is 96.2 Å². The highest BCUT2D eigenvalue weighted by Crippen LogP contribution is 2.38. The molecule has 0 aliphatic heterocycles. The van der Waals surface area contributed by atoms with Crippen LogP contribution in [0.2, 0.25) is 0 Å². The average molecular weight is 473 g/mol. The van der Waals surface area contributed by atoms with E-state index in [-0.39, 0.29) is 0 Å². The minimum Gasteiger partial charge on any atom is -0.436 e. The summed E-state index contributed by atoms with van der Waals surface area (Å²) in [5, 5.41) is 0. The highest BCUT2D eigenvalue weighted by atomic mass is 16.3. The lowest BCUT2D eigenvalue weighted by atomic mass is 9.83. The van der Waals surface area contributed by atoms with Gasteiger partial charge in [-0.2, -0.15) is 0 Å². The number of benzene rings is 3. The van der Waals surface area contributed by atoms with Crippen molar-refractivity contribution in [3.63, 3.8) is 0 Å². The lowest BCUT2D eigenvalue weighted by Crippen LogP contribution is -2.04. The Balaban J connectivity index is 1.48. The summed E-state index contributed by atoms with van der Waals surface area (Å²) in [6.07, 6.45) is 8.59. The lowest BCUT2D eigenvalue weighted by molar-refractivity contribution is 0.443. The van der Waals surface area contributed by atoms with Crippen molar-refractivity contribution >= 4 is 11.1 Å². The molecule has 3 aromatic carbocycles. The van der Waals surface area contributed by atoms with Gasteiger partial charge in [0.05, 0.1) is 5.69 Å². The summed E-state index contributed by atoms with van der Waals surface area (Å²) in [6, 6.07) is 27.9. The number of oxazole rings is 1. The molecule has 36 heavy (non-hydrogen) atoms. The van der Waals surface area contributed by atoms with Crippen LogP contribution in [0.5, 0.6) is 0 Å². The van der Waals surface area contributed by atoms with Crippen molar-refractivity contribution < 1.29 is 4.42 Å². The predicted molar refractivity (Wildman–Crippen MR) is 148 cm³/mol. The van der Waals surface area contributed by atoms with E-state index in [1.165, 1.54) is 43.2 Å². The topological polar surface area (TPSA) is 38.9 Å². The Morgan fingerprint density at radius 2 is 1.56 bits per heavy atom. The zero-order chi connectivity index (χ0) is 24.5. The number of fused-ring (bicyclic) bond motifs is 1. The van der Waals surface area contributed by atoms with Crippen molar-refractivity contribution in [1.82, 2.24) is 9.97 Å². The molecule has 0 spiro atoms. The summed E-state index contributed by atoms with van der Waals surface area (Å²) in [7, 11) is 0. The van der Waals surface area contributed by atoms with Gasteiger partial charge in [0.15, 0.2) is 5.58 Å². The molecule has 5 aromatic rings. The third-order valence-electron chi connectivity index (χ3n) is 7.56. The molecule has 2 heterocycles. The minimum absolute atomic E-state index is 0.442. The third kappa shape index (κ3) is 4.46. The number of hydrogen-bond acceptors (Lipinski definition) is 3. The van der Waals surface area contributed by atoms with Crippen LogP contribution in [0, 0.1) is 0 Å². The molecule has 3 nitrogen and oxygen atoms in total. The zero-order valence-electron chi connectivity index (χ0n) is 21.1. The van der Waals surface area contributed by atoms with Gasteiger partial charge in [-0.25, -0.2) is 4.98 Å². The highest BCUT2D eigenvalue weighted by Gasteiger charge is 2.18. The van der Waals surface area contributed by atoms with E-state index in [0.29, 0.717) is 17.7 Å². The average Bonchev–Trinajstić information content (AvgIpc) is 3.38. The molecule has 0 bridgehead atoms. The standard InChI is InChI=1S/C33H32N2O/c1-22(2)27-17-18-34-30(20-27)28-19-29(25-15-13-24(14-16-25)23-9-5-3-6-10-23)32-31(21-28)36-33(35-32)26-11-7-4-8-12-26/h4,7-8,11-23H,3,5-6,9-10H2,1-2H3. The second-order valence-electron chi connectivity index (χ2n) is 10.3. The van der Waals surface area contributed by atoms with E-state index in [0.717, 1.165) is 39.0 Å². The van der Waals surface area contributed by atoms with Gasteiger partial charge in [0.1, 0.15) is 5.52 Å². The molecule has 1 aliphatic rings. The first-order valence-corrected chi connectivity index (χ1v) is 13.2. The summed E-state index contributed by atoms with van der Waals surface area (Å²) in [6.45, 7) is 4.42. The Hall–Kier alpha value is -3.72. The normalized spacial score (nSPS) is 14.5. The summed E-state index contributed by atoms with van der Waals surface area (Å²) in [4.78, 5) is 9.68. The van der Waals surface area contributed by atoms with Crippen LogP contribution in [0.15, 0.2) is 89.5 Å². The predicted octanol–water partition coefficient (Wildman–Crippen LogP) is 9.39. The van der Waals surface area contributed by atoms with Gasteiger partial charge in [-0.3, -0.25) is 4.98 Å². The fraction of sp³-hybridized carbons (Fsp3) is 0.273. The van der Waals surface area contributed by atoms with Gasteiger partial charge in [0, 0.05) is 22.9 Å². The van der Waals surface area contributed by atoms with Crippen LogP contribution in [0.1, 0.15) is 68.9 Å². The highest BCUT2D eigenvalue weighted by molar-refractivity contribution is 5.95. The number of rotatable bonds is 5. The molecule has 0 amide bonds. The molecule has 0 atom stereocenters. The molecule has 3 heteroatoms. The van der Waals surface area contributed by atoms with E-state index in [4.69, 9.17) is 14.4 Å². The maximum absolute atomic E-state index is 6.34. The van der Waals surface area contributed by atoms with Crippen molar-refractivity contribution in [3.8, 4) is 33.8 Å². The van der Waals surface area contributed by atoms with E-state index in [2.05, 4.69) is 62.4 Å². The fourth-order valence-corrected chi connectivity index (χ4v) is 5.44. The molecule has 0 radical (unpaired) electrons. The molecule has 1 saturated carbocycles. The quantitative estimate of drug-likeness (QED) is 0.256. The molecule has 2 aromatic heterocycles. The van der Waals surface area contributed by atoms with Gasteiger partial charge in [-0.15, -0.1) is 0 Å². The summed E-state index contributed by atoms with van der Waals surface area (Å²) >= 11 is 0. The summed E-state index contributed by atoms with van der Waals surface area (Å²) in [5.74, 6) is 1.78. The van der Waals surface area contributed by atoms with Crippen LogP contribution in [0.3, 0.4) is 0 Å². The van der Waals surface area contributed by atoms with E-state index in [9.17, 15) is 0 Å². The van der Waals surface area contributed by atoms with E-state index >= 15 is 0 Å². The molecule has 0 N–H and O–H groups in total. The van der Waals surface area contributed by atoms with Gasteiger partial charge in [0.25, 0.3) is 0 Å². The Morgan fingerprint density at radius 3 is 2.31 bits per heavy atom. The largest absolute Gasteiger partial charge is 0.436 e. The maximum atomic E-state index is 6.34. The summed E-state index contributed by atoms with van der Waals surface area (Å²) < 4.78 is 6.34. The van der Waals surface area contributed by atoms with Crippen LogP contribution in [-0.4, -0.2) is 9.97 Å². The van der Waals surface area contributed by atoms with Gasteiger partial charge >= 0.3 is 0 Å². The molecule has 0 unspecified atom stereocenters. The van der Waals surface area contributed by atoms with E-state index in [1.54, 1.807) is 0 Å². The Kier molecular flexibility index (Phi) is 6.14. The lowest BCUT2D eigenvalue weighted by Gasteiger charge is -2.22. The fourth-order valence-electron chi connectivity index (χ4n) is 5.44. The van der Waals surface area contributed by atoms with Crippen molar-refractivity contribution in [2.45, 2.75) is 57.8 Å². The Bertz CT molecular complexity index is 1480. The number of nitrogens with zero attached hydrogens (tertiary/aromatic N) is 2. The first-order valence-electron chi connectivity index (χ1n) is 13.2. The zero-order valence-corrected chi connectivity index (χ0v) is 21.1. The molecular weight excluding hydrogens is 440 g/mol. The second-order valence-corrected chi connectivity index (χ2v) is 10.3. The smallest absolute Gasteiger partial charge is 0.227 e. The van der Waals surface area contributed by atoms with E-state index < -0.39 is 0 Å². The Morgan fingerprint density at radius 1 is 0.778 bits per heavy atom. The second kappa shape index (κ2) is 9.73. The minimum atomic E-state index is 0.442. The van der Waals surface area contributed by atoms with Gasteiger partial charge in [0.2, 0.25) is 5.89 Å². The molecule has 180 valence electrons. The van der Waals surface area contributed by atoms with Crippen LogP contribution in [0.25, 0.3) is 44.9 Å². The van der Waals surface area contributed by atoms with Gasteiger partial charge in [-0.05, 0) is 77.8 Å². The molecule has 6 rings (SSSR count). The first kappa shape index (κ1) is 22.7. The van der Waals surface area contributed by atoms with Crippen LogP contribution in [-0.2, 0) is 0 Å². The van der Waals surface area contributed by atoms with Crippen LogP contribution < -0.4 is 0 Å². The Labute approximate surface area is 213 Å². The van der Waals surface area contributed by atoms with Crippen molar-refractivity contribution in [2.75, 3.05) is 0 Å². The molecular formula is C33H32N2O. The first-order chi connectivity index (χ1) is 17.7. The SMILES string of the molecule is CC(C)c1ccnc(-c2cc(-c3ccc(C4CCCCC4)cc3)c3nc(-c4ccccc4)oc3c2)c1. The van der Waals surface area contributed by atoms with Crippen molar-refractivity contribution in [2.24, 2.45) is 0 Å². The van der Waals surface area contributed by atoms with E-state index in [1.807, 2.05) is 36.5 Å². The molecule has 1 fully saturated rings. The number of aromatic nitrogens is 2. The monoisotopic (exact) mass is 472 g/mol. The van der Waals surface area contributed by atoms with Crippen LogP contribution in [0.4, 0.5) is 0 Å². The number of hydrogen-bond donors (Lipinski definition) is 0. The van der Waals surface area contributed by atoms with Gasteiger partial charge in [-0.1, -0.05) is 75.6 Å². The number of pyridine rings is 1. The molecule has 1 aliphatic carbocycles.